The fraction of sp³-hybridized carbons (Fsp3) is 0.333. The second-order valence-corrected chi connectivity index (χ2v) is 13.5. The number of aromatic nitrogens is 2. The summed E-state index contributed by atoms with van der Waals surface area (Å²) in [6.45, 7) is 3.63. The van der Waals surface area contributed by atoms with E-state index >= 15 is 0 Å². The first-order chi connectivity index (χ1) is 23.7. The number of likely N-dealkylation sites (tertiary alicyclic amines) is 1. The van der Waals surface area contributed by atoms with Crippen LogP contribution in [0.3, 0.4) is 0 Å². The average Bonchev–Trinajstić information content (AvgIpc) is 3.70. The molecule has 262 valence electrons. The van der Waals surface area contributed by atoms with Crippen molar-refractivity contribution in [1.82, 2.24) is 20.2 Å². The predicted octanol–water partition coefficient (Wildman–Crippen LogP) is 7.92. The number of amides is 2. The lowest BCUT2D eigenvalue weighted by Gasteiger charge is -2.44. The molecule has 1 saturated heterocycles. The molecule has 2 N–H and O–H groups in total. The van der Waals surface area contributed by atoms with Crippen molar-refractivity contribution < 1.29 is 35.9 Å². The predicted molar refractivity (Wildman–Crippen MR) is 177 cm³/mol. The molecule has 6 rings (SSSR count). The summed E-state index contributed by atoms with van der Waals surface area (Å²) in [6.07, 6.45) is -1.52. The van der Waals surface area contributed by atoms with Gasteiger partial charge in [-0.2, -0.15) is 26.3 Å². The number of hydrogen-bond acceptors (Lipinski definition) is 6. The number of hydrogen-bond donors (Lipinski definition) is 2. The monoisotopic (exact) mass is 713 g/mol. The fourth-order valence-electron chi connectivity index (χ4n) is 6.81. The number of benzene rings is 2. The van der Waals surface area contributed by atoms with E-state index in [-0.39, 0.29) is 34.5 Å². The molecule has 1 aliphatic heterocycles. The Kier molecular flexibility index (Phi) is 9.86. The largest absolute Gasteiger partial charge is 0.416 e. The van der Waals surface area contributed by atoms with Crippen molar-refractivity contribution in [3.63, 3.8) is 0 Å². The number of carbonyl (C=O) groups excluding carboxylic acids is 2. The van der Waals surface area contributed by atoms with E-state index in [1.807, 2.05) is 12.1 Å². The second kappa shape index (κ2) is 14.0. The van der Waals surface area contributed by atoms with Crippen LogP contribution in [-0.4, -0.2) is 46.3 Å². The highest BCUT2D eigenvalue weighted by Gasteiger charge is 2.43. The van der Waals surface area contributed by atoms with Crippen molar-refractivity contribution in [2.45, 2.75) is 50.0 Å². The number of alkyl halides is 6. The zero-order valence-electron chi connectivity index (χ0n) is 26.8. The molecule has 1 fully saturated rings. The number of rotatable bonds is 9. The molecule has 14 heteroatoms. The molecular weight excluding hydrogens is 680 g/mol. The molecule has 7 nitrogen and oxygen atoms in total. The maximum atomic E-state index is 13.7. The first-order valence-corrected chi connectivity index (χ1v) is 16.8. The average molecular weight is 714 g/mol. The van der Waals surface area contributed by atoms with Gasteiger partial charge < -0.3 is 10.2 Å². The van der Waals surface area contributed by atoms with Crippen LogP contribution in [0.2, 0.25) is 0 Å². The third-order valence-electron chi connectivity index (χ3n) is 9.46. The van der Waals surface area contributed by atoms with Crippen LogP contribution in [0, 0.1) is 5.92 Å². The van der Waals surface area contributed by atoms with Gasteiger partial charge in [0.05, 0.1) is 28.3 Å². The highest BCUT2D eigenvalue weighted by atomic mass is 32.1. The molecule has 2 aromatic heterocycles. The van der Waals surface area contributed by atoms with Crippen LogP contribution in [0.4, 0.5) is 31.5 Å². The number of pyridine rings is 1. The summed E-state index contributed by atoms with van der Waals surface area (Å²) < 4.78 is 80.7. The van der Waals surface area contributed by atoms with Gasteiger partial charge in [0.15, 0.2) is 5.13 Å². The summed E-state index contributed by atoms with van der Waals surface area (Å²) >= 11 is 1.10. The summed E-state index contributed by atoms with van der Waals surface area (Å²) in [5.74, 6) is -1.70. The number of thiazole rings is 1. The Balaban J connectivity index is 1.19. The number of piperidine rings is 1. The van der Waals surface area contributed by atoms with E-state index in [4.69, 9.17) is 0 Å². The molecule has 2 amide bonds. The van der Waals surface area contributed by atoms with Gasteiger partial charge in [0.25, 0.3) is 5.91 Å². The number of carbonyl (C=O) groups is 2. The topological polar surface area (TPSA) is 87.2 Å². The fourth-order valence-corrected chi connectivity index (χ4v) is 7.56. The number of nitrogens with zero attached hydrogens (tertiary/aromatic N) is 3. The van der Waals surface area contributed by atoms with Gasteiger partial charge in [-0.3, -0.25) is 19.9 Å². The van der Waals surface area contributed by atoms with Crippen LogP contribution >= 0.6 is 11.3 Å². The van der Waals surface area contributed by atoms with Gasteiger partial charge in [0.2, 0.25) is 5.91 Å². The quantitative estimate of drug-likeness (QED) is 0.172. The molecule has 1 unspecified atom stereocenters. The molecule has 0 saturated carbocycles. The Morgan fingerprint density at radius 2 is 1.78 bits per heavy atom. The van der Waals surface area contributed by atoms with Crippen LogP contribution in [0.1, 0.15) is 69.6 Å². The molecule has 2 aromatic carbocycles. The third kappa shape index (κ3) is 7.60. The number of anilines is 1. The Morgan fingerprint density at radius 1 is 1.04 bits per heavy atom. The summed E-state index contributed by atoms with van der Waals surface area (Å²) in [6, 6.07) is 12.8. The zero-order chi connectivity index (χ0) is 35.7. The van der Waals surface area contributed by atoms with Crippen LogP contribution in [0.5, 0.6) is 0 Å². The maximum absolute atomic E-state index is 13.7. The molecule has 1 aliphatic carbocycles. The van der Waals surface area contributed by atoms with E-state index in [9.17, 15) is 35.9 Å². The van der Waals surface area contributed by atoms with E-state index in [2.05, 4.69) is 56.7 Å². The van der Waals surface area contributed by atoms with Crippen molar-refractivity contribution in [3.05, 3.63) is 118 Å². The molecule has 3 heterocycles. The Bertz CT molecular complexity index is 1860. The molecule has 2 aliphatic rings. The van der Waals surface area contributed by atoms with Crippen LogP contribution in [0.25, 0.3) is 6.08 Å². The van der Waals surface area contributed by atoms with Crippen molar-refractivity contribution in [1.29, 1.82) is 0 Å². The Hall–Kier alpha value is -4.56. The number of fused-ring (bicyclic) bond motifs is 2. The SMILES string of the molecule is C[C@H]1CN(CCC(C(=O)NCc2cc(C(F)(F)F)cc(C(F)(F)F)c2)c2csc(NC(=O)c3cccnc3)n2)CC[C@]12C=Cc1ccccc12. The Labute approximate surface area is 288 Å². The van der Waals surface area contributed by atoms with Crippen LogP contribution in [0.15, 0.2) is 78.4 Å². The summed E-state index contributed by atoms with van der Waals surface area (Å²) in [5, 5.41) is 7.07. The Morgan fingerprint density at radius 3 is 2.46 bits per heavy atom. The molecule has 0 bridgehead atoms. The second-order valence-electron chi connectivity index (χ2n) is 12.7. The normalized spacial score (nSPS) is 19.7. The van der Waals surface area contributed by atoms with Gasteiger partial charge in [-0.05, 0) is 78.9 Å². The minimum Gasteiger partial charge on any atom is -0.351 e. The molecule has 4 aromatic rings. The van der Waals surface area contributed by atoms with Crippen molar-refractivity contribution >= 4 is 34.4 Å². The van der Waals surface area contributed by atoms with Gasteiger partial charge in [0.1, 0.15) is 0 Å². The minimum atomic E-state index is -5.01. The minimum absolute atomic E-state index is 0.0500. The van der Waals surface area contributed by atoms with E-state index in [0.29, 0.717) is 29.9 Å². The van der Waals surface area contributed by atoms with Gasteiger partial charge >= 0.3 is 12.4 Å². The van der Waals surface area contributed by atoms with Crippen molar-refractivity contribution in [3.8, 4) is 0 Å². The molecule has 3 atom stereocenters. The number of allylic oxidation sites excluding steroid dienone is 1. The highest BCUT2D eigenvalue weighted by Crippen LogP contribution is 2.47. The first-order valence-electron chi connectivity index (χ1n) is 16.0. The smallest absolute Gasteiger partial charge is 0.351 e. The lowest BCUT2D eigenvalue weighted by atomic mass is 9.68. The maximum Gasteiger partial charge on any atom is 0.416 e. The lowest BCUT2D eigenvalue weighted by Crippen LogP contribution is -2.48. The zero-order valence-corrected chi connectivity index (χ0v) is 27.6. The van der Waals surface area contributed by atoms with E-state index in [1.165, 1.54) is 23.5 Å². The van der Waals surface area contributed by atoms with Crippen molar-refractivity contribution in [2.24, 2.45) is 5.92 Å². The summed E-state index contributed by atoms with van der Waals surface area (Å²) in [5.41, 5.74) is -0.212. The molecule has 50 heavy (non-hydrogen) atoms. The van der Waals surface area contributed by atoms with Crippen molar-refractivity contribution in [2.75, 3.05) is 25.0 Å². The lowest BCUT2D eigenvalue weighted by molar-refractivity contribution is -0.143. The van der Waals surface area contributed by atoms with E-state index in [1.54, 1.807) is 17.5 Å². The summed E-state index contributed by atoms with van der Waals surface area (Å²) in [7, 11) is 0. The molecule has 0 radical (unpaired) electrons. The first kappa shape index (κ1) is 35.3. The van der Waals surface area contributed by atoms with Crippen LogP contribution in [-0.2, 0) is 29.1 Å². The standard InChI is InChI=1S/C36H33F6N5O2S/c1-22-20-47(14-11-34(22)10-8-24-5-2-3-7-29(24)34)13-9-28(30-21-50-33(45-30)46-31(48)25-6-4-12-43-19-25)32(49)44-18-23-15-26(35(37,38)39)17-27(16-23)36(40,41)42/h2-8,10,12,15-17,19,21-22,28H,9,11,13-14,18,20H2,1H3,(H,44,49)(H,45,46,48)/t22-,28?,34+/m0/s1. The van der Waals surface area contributed by atoms with E-state index < -0.39 is 47.8 Å². The number of nitrogens with one attached hydrogen (secondary N) is 2. The van der Waals surface area contributed by atoms with Crippen LogP contribution < -0.4 is 10.6 Å². The third-order valence-corrected chi connectivity index (χ3v) is 10.2. The summed E-state index contributed by atoms with van der Waals surface area (Å²) in [4.78, 5) is 37.1. The van der Waals surface area contributed by atoms with Gasteiger partial charge in [0, 0.05) is 36.3 Å². The molecule has 1 spiro atoms. The van der Waals surface area contributed by atoms with Gasteiger partial charge in [-0.15, -0.1) is 11.3 Å². The number of halogens is 6. The van der Waals surface area contributed by atoms with Gasteiger partial charge in [-0.1, -0.05) is 43.3 Å². The molecular formula is C36H33F6N5O2S. The van der Waals surface area contributed by atoms with Gasteiger partial charge in [-0.25, -0.2) is 4.98 Å². The highest BCUT2D eigenvalue weighted by molar-refractivity contribution is 7.14. The van der Waals surface area contributed by atoms with E-state index in [0.717, 1.165) is 30.8 Å².